The number of benzene rings is 2. The quantitative estimate of drug-likeness (QED) is 0.788. The lowest BCUT2D eigenvalue weighted by atomic mass is 10.2. The number of methoxy groups -OCH3 is 1. The molecule has 0 radical (unpaired) electrons. The zero-order valence-electron chi connectivity index (χ0n) is 13.0. The normalized spacial score (nSPS) is 10.3. The van der Waals surface area contributed by atoms with Gasteiger partial charge in [-0.05, 0) is 36.8 Å². The van der Waals surface area contributed by atoms with Crippen molar-refractivity contribution in [2.75, 3.05) is 24.3 Å². The van der Waals surface area contributed by atoms with Crippen LogP contribution in [-0.2, 0) is 4.79 Å². The van der Waals surface area contributed by atoms with Crippen LogP contribution in [0.3, 0.4) is 0 Å². The van der Waals surface area contributed by atoms with E-state index in [-0.39, 0.29) is 5.91 Å². The molecule has 0 aliphatic heterocycles. The Hall–Kier alpha value is -1.91. The molecule has 0 unspecified atom stereocenters. The van der Waals surface area contributed by atoms with E-state index in [1.54, 1.807) is 37.4 Å². The van der Waals surface area contributed by atoms with Crippen LogP contribution >= 0.6 is 23.2 Å². The zero-order valence-corrected chi connectivity index (χ0v) is 14.5. The molecule has 2 rings (SSSR count). The third kappa shape index (κ3) is 5.05. The van der Waals surface area contributed by atoms with E-state index in [4.69, 9.17) is 27.9 Å². The van der Waals surface area contributed by atoms with Crippen molar-refractivity contribution in [3.8, 4) is 5.75 Å². The summed E-state index contributed by atoms with van der Waals surface area (Å²) in [4.78, 5) is 11.9. The third-order valence-electron chi connectivity index (χ3n) is 3.26. The van der Waals surface area contributed by atoms with Gasteiger partial charge in [0.05, 0.1) is 12.8 Å². The molecule has 2 aromatic rings. The lowest BCUT2D eigenvalue weighted by Crippen LogP contribution is -2.16. The van der Waals surface area contributed by atoms with E-state index in [0.29, 0.717) is 34.4 Å². The lowest BCUT2D eigenvalue weighted by Gasteiger charge is -2.13. The van der Waals surface area contributed by atoms with E-state index < -0.39 is 0 Å². The van der Waals surface area contributed by atoms with Gasteiger partial charge in [-0.1, -0.05) is 29.3 Å². The number of ether oxygens (including phenoxy) is 1. The fourth-order valence-electron chi connectivity index (χ4n) is 2.07. The van der Waals surface area contributed by atoms with Crippen molar-refractivity contribution in [3.05, 3.63) is 52.0 Å². The van der Waals surface area contributed by atoms with Crippen molar-refractivity contribution in [3.63, 3.8) is 0 Å². The Balaban J connectivity index is 1.89. The molecule has 0 atom stereocenters. The van der Waals surface area contributed by atoms with Crippen LogP contribution in [0.25, 0.3) is 0 Å². The van der Waals surface area contributed by atoms with Gasteiger partial charge in [-0.2, -0.15) is 0 Å². The Morgan fingerprint density at radius 2 is 2.00 bits per heavy atom. The van der Waals surface area contributed by atoms with Crippen LogP contribution < -0.4 is 15.4 Å². The minimum atomic E-state index is -0.0931. The van der Waals surface area contributed by atoms with Crippen LogP contribution in [0.5, 0.6) is 5.75 Å². The van der Waals surface area contributed by atoms with Crippen molar-refractivity contribution in [2.24, 2.45) is 0 Å². The second-order valence-electron chi connectivity index (χ2n) is 5.04. The Morgan fingerprint density at radius 3 is 2.70 bits per heavy atom. The summed E-state index contributed by atoms with van der Waals surface area (Å²) >= 11 is 12.0. The van der Waals surface area contributed by atoms with E-state index in [1.807, 2.05) is 13.0 Å². The molecule has 0 aliphatic carbocycles. The molecule has 0 aromatic heterocycles. The van der Waals surface area contributed by atoms with Gasteiger partial charge in [-0.3, -0.25) is 4.79 Å². The first-order valence-electron chi connectivity index (χ1n) is 7.13. The van der Waals surface area contributed by atoms with Crippen molar-refractivity contribution < 1.29 is 9.53 Å². The molecule has 2 N–H and O–H groups in total. The standard InChI is InChI=1S/C17H18Cl2N2O2/c1-11-8-15(16(23-2)10-14(11)19)20-7-6-17(22)21-13-5-3-4-12(18)9-13/h3-5,8-10,20H,6-7H2,1-2H3,(H,21,22). The van der Waals surface area contributed by atoms with Crippen LogP contribution in [-0.4, -0.2) is 19.6 Å². The van der Waals surface area contributed by atoms with Crippen LogP contribution in [0.2, 0.25) is 10.0 Å². The summed E-state index contributed by atoms with van der Waals surface area (Å²) in [6.07, 6.45) is 0.317. The fraction of sp³-hybridized carbons (Fsp3) is 0.235. The Morgan fingerprint density at radius 1 is 1.22 bits per heavy atom. The summed E-state index contributed by atoms with van der Waals surface area (Å²) in [5.41, 5.74) is 2.44. The Labute approximate surface area is 145 Å². The van der Waals surface area contributed by atoms with Gasteiger partial charge in [0, 0.05) is 34.8 Å². The third-order valence-corrected chi connectivity index (χ3v) is 3.90. The van der Waals surface area contributed by atoms with E-state index in [1.165, 1.54) is 0 Å². The number of halogens is 2. The largest absolute Gasteiger partial charge is 0.495 e. The number of anilines is 2. The molecule has 0 spiro atoms. The molecule has 6 heteroatoms. The SMILES string of the molecule is COc1cc(Cl)c(C)cc1NCCC(=O)Nc1cccc(Cl)c1. The van der Waals surface area contributed by atoms with Gasteiger partial charge in [-0.25, -0.2) is 0 Å². The molecule has 1 amide bonds. The van der Waals surface area contributed by atoms with Crippen molar-refractivity contribution in [2.45, 2.75) is 13.3 Å². The minimum absolute atomic E-state index is 0.0931. The van der Waals surface area contributed by atoms with E-state index in [2.05, 4.69) is 10.6 Å². The molecule has 23 heavy (non-hydrogen) atoms. The smallest absolute Gasteiger partial charge is 0.226 e. The minimum Gasteiger partial charge on any atom is -0.495 e. The summed E-state index contributed by atoms with van der Waals surface area (Å²) in [5, 5.41) is 7.22. The highest BCUT2D eigenvalue weighted by molar-refractivity contribution is 6.31. The average Bonchev–Trinajstić information content (AvgIpc) is 2.50. The highest BCUT2D eigenvalue weighted by Gasteiger charge is 2.08. The summed E-state index contributed by atoms with van der Waals surface area (Å²) in [6.45, 7) is 2.39. The van der Waals surface area contributed by atoms with Crippen molar-refractivity contribution in [1.82, 2.24) is 0 Å². The number of hydrogen-bond donors (Lipinski definition) is 2. The van der Waals surface area contributed by atoms with Gasteiger partial charge in [0.2, 0.25) is 5.91 Å². The first-order valence-corrected chi connectivity index (χ1v) is 7.88. The van der Waals surface area contributed by atoms with Gasteiger partial charge in [0.25, 0.3) is 0 Å². The topological polar surface area (TPSA) is 50.4 Å². The molecule has 0 bridgehead atoms. The lowest BCUT2D eigenvalue weighted by molar-refractivity contribution is -0.115. The first-order chi connectivity index (χ1) is 11.0. The van der Waals surface area contributed by atoms with Crippen molar-refractivity contribution in [1.29, 1.82) is 0 Å². The monoisotopic (exact) mass is 352 g/mol. The molecular weight excluding hydrogens is 335 g/mol. The molecule has 0 heterocycles. The number of aryl methyl sites for hydroxylation is 1. The van der Waals surface area contributed by atoms with Gasteiger partial charge >= 0.3 is 0 Å². The van der Waals surface area contributed by atoms with Crippen LogP contribution in [0.4, 0.5) is 11.4 Å². The van der Waals surface area contributed by atoms with Crippen molar-refractivity contribution >= 4 is 40.5 Å². The highest BCUT2D eigenvalue weighted by Crippen LogP contribution is 2.30. The molecule has 0 saturated heterocycles. The van der Waals surface area contributed by atoms with Crippen LogP contribution in [0, 0.1) is 6.92 Å². The van der Waals surface area contributed by atoms with Crippen LogP contribution in [0.15, 0.2) is 36.4 Å². The molecule has 4 nitrogen and oxygen atoms in total. The number of carbonyl (C=O) groups excluding carboxylic acids is 1. The van der Waals surface area contributed by atoms with E-state index >= 15 is 0 Å². The van der Waals surface area contributed by atoms with Gasteiger partial charge in [-0.15, -0.1) is 0 Å². The number of rotatable bonds is 6. The first kappa shape index (κ1) is 17.4. The molecule has 0 fully saturated rings. The second kappa shape index (κ2) is 8.09. The van der Waals surface area contributed by atoms with E-state index in [0.717, 1.165) is 11.3 Å². The maximum atomic E-state index is 11.9. The predicted molar refractivity (Wildman–Crippen MR) is 95.9 cm³/mol. The Kier molecular flexibility index (Phi) is 6.13. The maximum Gasteiger partial charge on any atom is 0.226 e. The second-order valence-corrected chi connectivity index (χ2v) is 5.88. The van der Waals surface area contributed by atoms with Gasteiger partial charge in [0.15, 0.2) is 0 Å². The summed E-state index contributed by atoms with van der Waals surface area (Å²) in [6, 6.07) is 10.7. The highest BCUT2D eigenvalue weighted by atomic mass is 35.5. The maximum absolute atomic E-state index is 11.9. The van der Waals surface area contributed by atoms with E-state index in [9.17, 15) is 4.79 Å². The summed E-state index contributed by atoms with van der Waals surface area (Å²) in [7, 11) is 1.58. The number of carbonyl (C=O) groups is 1. The summed E-state index contributed by atoms with van der Waals surface area (Å²) < 4.78 is 5.29. The Bertz CT molecular complexity index is 705. The summed E-state index contributed by atoms with van der Waals surface area (Å²) in [5.74, 6) is 0.556. The zero-order chi connectivity index (χ0) is 16.8. The fourth-order valence-corrected chi connectivity index (χ4v) is 2.41. The molecule has 0 aliphatic rings. The van der Waals surface area contributed by atoms with Gasteiger partial charge in [0.1, 0.15) is 5.75 Å². The average molecular weight is 353 g/mol. The number of nitrogens with one attached hydrogen (secondary N) is 2. The predicted octanol–water partition coefficient (Wildman–Crippen LogP) is 4.75. The van der Waals surface area contributed by atoms with Crippen LogP contribution in [0.1, 0.15) is 12.0 Å². The molecule has 2 aromatic carbocycles. The number of amides is 1. The molecule has 122 valence electrons. The number of hydrogen-bond acceptors (Lipinski definition) is 3. The molecular formula is C17H18Cl2N2O2. The molecule has 0 saturated carbocycles. The van der Waals surface area contributed by atoms with Gasteiger partial charge < -0.3 is 15.4 Å².